The number of nitrogens with zero attached hydrogens (tertiary/aromatic N) is 3. The molecule has 21 heavy (non-hydrogen) atoms. The van der Waals surface area contributed by atoms with Gasteiger partial charge in [-0.05, 0) is 35.2 Å². The molecule has 1 amide bonds. The van der Waals surface area contributed by atoms with Crippen molar-refractivity contribution in [1.82, 2.24) is 4.90 Å². The van der Waals surface area contributed by atoms with E-state index in [0.29, 0.717) is 5.17 Å². The van der Waals surface area contributed by atoms with Crippen molar-refractivity contribution in [1.29, 1.82) is 0 Å². The van der Waals surface area contributed by atoms with E-state index in [0.717, 1.165) is 17.8 Å². The molecule has 1 aliphatic rings. The van der Waals surface area contributed by atoms with Crippen LogP contribution in [0.2, 0.25) is 5.02 Å². The molecule has 1 aromatic carbocycles. The molecule has 0 atom stereocenters. The van der Waals surface area contributed by atoms with Gasteiger partial charge < -0.3 is 5.11 Å². The van der Waals surface area contributed by atoms with Gasteiger partial charge in [0.25, 0.3) is 11.6 Å². The van der Waals surface area contributed by atoms with Crippen LogP contribution in [0.1, 0.15) is 5.56 Å². The molecule has 0 unspecified atom stereocenters. The van der Waals surface area contributed by atoms with Crippen molar-refractivity contribution in [2.45, 2.75) is 0 Å². The van der Waals surface area contributed by atoms with E-state index >= 15 is 0 Å². The second kappa shape index (κ2) is 5.74. The van der Waals surface area contributed by atoms with Crippen LogP contribution in [-0.2, 0) is 4.79 Å². The molecule has 0 N–H and O–H groups in total. The molecule has 1 aliphatic heterocycles. The molecule has 0 bridgehead atoms. The summed E-state index contributed by atoms with van der Waals surface area (Å²) < 4.78 is 0. The predicted molar refractivity (Wildman–Crippen MR) is 79.2 cm³/mol. The number of benzene rings is 1. The van der Waals surface area contributed by atoms with Gasteiger partial charge in [0, 0.05) is 25.2 Å². The lowest BCUT2D eigenvalue weighted by atomic mass is 10.1. The molecular weight excluding hydrogens is 318 g/mol. The maximum absolute atomic E-state index is 12.0. The van der Waals surface area contributed by atoms with Crippen LogP contribution in [0.4, 0.5) is 5.69 Å². The summed E-state index contributed by atoms with van der Waals surface area (Å²) in [5, 5.41) is 23.3. The summed E-state index contributed by atoms with van der Waals surface area (Å²) >= 11 is 6.86. The van der Waals surface area contributed by atoms with Crippen molar-refractivity contribution < 1.29 is 14.8 Å². The first-order chi connectivity index (χ1) is 9.85. The summed E-state index contributed by atoms with van der Waals surface area (Å²) in [5.74, 6) is -1.11. The van der Waals surface area contributed by atoms with Gasteiger partial charge in [0.2, 0.25) is 0 Å². The summed E-state index contributed by atoms with van der Waals surface area (Å²) in [6, 6.07) is 2.28. The molecule has 0 saturated carbocycles. The topological polar surface area (TPSA) is 98.9 Å². The van der Waals surface area contributed by atoms with E-state index in [9.17, 15) is 20.0 Å². The Morgan fingerprint density at radius 1 is 1.48 bits per heavy atom. The van der Waals surface area contributed by atoms with Gasteiger partial charge in [-0.3, -0.25) is 24.8 Å². The van der Waals surface area contributed by atoms with E-state index in [1.54, 1.807) is 7.05 Å². The maximum atomic E-state index is 12.0. The highest BCUT2D eigenvalue weighted by atomic mass is 35.5. The Morgan fingerprint density at radius 3 is 2.67 bits per heavy atom. The Bertz CT molecular complexity index is 702. The zero-order valence-corrected chi connectivity index (χ0v) is 12.6. The van der Waals surface area contributed by atoms with Crippen molar-refractivity contribution in [3.63, 3.8) is 0 Å². The van der Waals surface area contributed by atoms with Gasteiger partial charge in [0.1, 0.15) is 0 Å². The number of carbonyl (C=O) groups excluding carboxylic acids is 1. The number of thioether (sulfide) groups is 1. The Kier molecular flexibility index (Phi) is 4.19. The van der Waals surface area contributed by atoms with Gasteiger partial charge in [0.15, 0.2) is 5.17 Å². The third-order valence-corrected chi connectivity index (χ3v) is 4.11. The highest BCUT2D eigenvalue weighted by Gasteiger charge is 2.29. The average molecular weight is 327 g/mol. The molecule has 1 saturated heterocycles. The fourth-order valence-corrected chi connectivity index (χ4v) is 2.87. The minimum Gasteiger partial charge on any atom is -0.867 e. The second-order valence-electron chi connectivity index (χ2n) is 4.08. The lowest BCUT2D eigenvalue weighted by molar-refractivity contribution is -0.398. The van der Waals surface area contributed by atoms with Crippen molar-refractivity contribution in [3.05, 3.63) is 37.7 Å². The fourth-order valence-electron chi connectivity index (χ4n) is 1.73. The molecule has 110 valence electrons. The molecule has 7 nitrogen and oxygen atoms in total. The van der Waals surface area contributed by atoms with Gasteiger partial charge in [-0.2, -0.15) is 0 Å². The molecule has 0 radical (unpaired) electrons. The standard InChI is InChI=1S/C12H10ClN3O4S/c1-14-12-15(2)11(18)9(21-12)4-6-3-7(13)5-8(10(6)17)16(19)20/h3-5,17H,1-2H3/p-1/b9-4+,14-12?. The van der Waals surface area contributed by atoms with Gasteiger partial charge in [0.05, 0.1) is 9.83 Å². The lowest BCUT2D eigenvalue weighted by Crippen LogP contribution is -2.23. The van der Waals surface area contributed by atoms with Crippen molar-refractivity contribution in [3.8, 4) is 5.75 Å². The molecule has 0 spiro atoms. The zero-order chi connectivity index (χ0) is 15.7. The second-order valence-corrected chi connectivity index (χ2v) is 5.53. The minimum atomic E-state index is -0.801. The molecule has 1 fully saturated rings. The van der Waals surface area contributed by atoms with E-state index in [2.05, 4.69) is 4.99 Å². The Balaban J connectivity index is 2.52. The van der Waals surface area contributed by atoms with Gasteiger partial charge in [-0.1, -0.05) is 11.6 Å². The fraction of sp³-hybridized carbons (Fsp3) is 0.167. The van der Waals surface area contributed by atoms with Crippen molar-refractivity contribution in [2.24, 2.45) is 4.99 Å². The van der Waals surface area contributed by atoms with E-state index in [1.807, 2.05) is 0 Å². The quantitative estimate of drug-likeness (QED) is 0.469. The normalized spacial score (nSPS) is 18.8. The van der Waals surface area contributed by atoms with Crippen LogP contribution < -0.4 is 5.11 Å². The van der Waals surface area contributed by atoms with Gasteiger partial charge in [-0.25, -0.2) is 0 Å². The summed E-state index contributed by atoms with van der Waals surface area (Å²) in [6.45, 7) is 0. The average Bonchev–Trinajstić information content (AvgIpc) is 2.70. The van der Waals surface area contributed by atoms with Crippen LogP contribution in [0, 0.1) is 10.1 Å². The first-order valence-corrected chi connectivity index (χ1v) is 6.84. The molecular formula is C12H9ClN3O4S-. The summed E-state index contributed by atoms with van der Waals surface area (Å²) in [5.41, 5.74) is -0.627. The summed E-state index contributed by atoms with van der Waals surface area (Å²) in [6.07, 6.45) is 1.29. The Hall–Kier alpha value is -2.06. The molecule has 1 aromatic rings. The third kappa shape index (κ3) is 2.86. The first kappa shape index (κ1) is 15.3. The third-order valence-electron chi connectivity index (χ3n) is 2.74. The van der Waals surface area contributed by atoms with Crippen LogP contribution in [0.5, 0.6) is 5.75 Å². The lowest BCUT2D eigenvalue weighted by Gasteiger charge is -2.11. The van der Waals surface area contributed by atoms with E-state index < -0.39 is 16.4 Å². The highest BCUT2D eigenvalue weighted by molar-refractivity contribution is 8.18. The van der Waals surface area contributed by atoms with Gasteiger partial charge >= 0.3 is 0 Å². The Morgan fingerprint density at radius 2 is 2.14 bits per heavy atom. The Labute approximate surface area is 129 Å². The number of halogens is 1. The molecule has 0 aliphatic carbocycles. The van der Waals surface area contributed by atoms with Gasteiger partial charge in [-0.15, -0.1) is 0 Å². The van der Waals surface area contributed by atoms with Crippen LogP contribution in [0.3, 0.4) is 0 Å². The SMILES string of the molecule is CN=C1S/C(=C/c2cc(Cl)cc([N+](=O)[O-])c2[O-])C(=O)N1C. The number of hydrogen-bond acceptors (Lipinski definition) is 6. The largest absolute Gasteiger partial charge is 0.867 e. The number of amidine groups is 1. The van der Waals surface area contributed by atoms with E-state index in [1.165, 1.54) is 24.1 Å². The molecule has 9 heteroatoms. The van der Waals surface area contributed by atoms with Crippen LogP contribution in [0.25, 0.3) is 6.08 Å². The number of nitro groups is 1. The number of carbonyl (C=O) groups is 1. The predicted octanol–water partition coefficient (Wildman–Crippen LogP) is 1.85. The minimum absolute atomic E-state index is 0.00389. The number of hydrogen-bond donors (Lipinski definition) is 0. The summed E-state index contributed by atoms with van der Waals surface area (Å²) in [4.78, 5) is 27.5. The maximum Gasteiger partial charge on any atom is 0.266 e. The molecule has 0 aromatic heterocycles. The zero-order valence-electron chi connectivity index (χ0n) is 11.0. The monoisotopic (exact) mass is 326 g/mol. The first-order valence-electron chi connectivity index (χ1n) is 5.64. The van der Waals surface area contributed by atoms with Crippen LogP contribution in [-0.4, -0.2) is 35.0 Å². The summed E-state index contributed by atoms with van der Waals surface area (Å²) in [7, 11) is 3.09. The number of amides is 1. The van der Waals surface area contributed by atoms with Crippen molar-refractivity contribution >= 4 is 46.2 Å². The van der Waals surface area contributed by atoms with E-state index in [4.69, 9.17) is 11.6 Å². The van der Waals surface area contributed by atoms with Crippen LogP contribution in [0.15, 0.2) is 22.0 Å². The number of rotatable bonds is 2. The smallest absolute Gasteiger partial charge is 0.266 e. The van der Waals surface area contributed by atoms with Crippen molar-refractivity contribution in [2.75, 3.05) is 14.1 Å². The van der Waals surface area contributed by atoms with E-state index in [-0.39, 0.29) is 21.4 Å². The van der Waals surface area contributed by atoms with Crippen LogP contribution >= 0.6 is 23.4 Å². The highest BCUT2D eigenvalue weighted by Crippen LogP contribution is 2.36. The number of nitro benzene ring substituents is 1. The molecule has 2 rings (SSSR count). The molecule has 1 heterocycles. The number of likely N-dealkylation sites (N-methyl/N-ethyl adjacent to an activating group) is 1. The number of aliphatic imine (C=N–C) groups is 1.